The number of hydrogen-bond acceptors (Lipinski definition) is 4. The van der Waals surface area contributed by atoms with Crippen molar-refractivity contribution in [1.82, 2.24) is 10.2 Å². The van der Waals surface area contributed by atoms with Crippen LogP contribution in [0.3, 0.4) is 0 Å². The SMILES string of the molecule is CCCCCN1CCCC(NC(=O)[C@@H](N)CC(C)C)C(=O)C1. The van der Waals surface area contributed by atoms with Gasteiger partial charge in [0.2, 0.25) is 5.91 Å². The Hall–Kier alpha value is -0.940. The summed E-state index contributed by atoms with van der Waals surface area (Å²) >= 11 is 0. The Balaban J connectivity index is 2.45. The first-order chi connectivity index (χ1) is 10.4. The lowest BCUT2D eigenvalue weighted by Gasteiger charge is -2.21. The van der Waals surface area contributed by atoms with E-state index in [-0.39, 0.29) is 17.7 Å². The first-order valence-electron chi connectivity index (χ1n) is 8.75. The molecule has 1 aliphatic heterocycles. The minimum Gasteiger partial charge on any atom is -0.345 e. The number of amides is 1. The van der Waals surface area contributed by atoms with Crippen molar-refractivity contribution >= 4 is 11.7 Å². The van der Waals surface area contributed by atoms with Gasteiger partial charge in [-0.05, 0) is 44.7 Å². The van der Waals surface area contributed by atoms with E-state index in [2.05, 4.69) is 17.1 Å². The highest BCUT2D eigenvalue weighted by atomic mass is 16.2. The molecule has 5 nitrogen and oxygen atoms in total. The number of nitrogens with zero attached hydrogens (tertiary/aromatic N) is 1. The zero-order valence-electron chi connectivity index (χ0n) is 14.4. The number of unbranched alkanes of at least 4 members (excludes halogenated alkanes) is 2. The summed E-state index contributed by atoms with van der Waals surface area (Å²) in [5.74, 6) is 0.310. The number of likely N-dealkylation sites (tertiary alicyclic amines) is 1. The third kappa shape index (κ3) is 6.88. The fraction of sp³-hybridized carbons (Fsp3) is 0.882. The third-order valence-electron chi connectivity index (χ3n) is 4.19. The molecule has 1 amide bonds. The summed E-state index contributed by atoms with van der Waals surface area (Å²) < 4.78 is 0. The van der Waals surface area contributed by atoms with Crippen molar-refractivity contribution in [3.63, 3.8) is 0 Å². The molecule has 0 radical (unpaired) electrons. The Labute approximate surface area is 135 Å². The maximum Gasteiger partial charge on any atom is 0.237 e. The van der Waals surface area contributed by atoms with Crippen LogP contribution >= 0.6 is 0 Å². The number of ketones is 1. The summed E-state index contributed by atoms with van der Waals surface area (Å²) in [6.07, 6.45) is 5.85. The minimum absolute atomic E-state index is 0.124. The van der Waals surface area contributed by atoms with Crippen molar-refractivity contribution < 1.29 is 9.59 Å². The average molecular weight is 311 g/mol. The lowest BCUT2D eigenvalue weighted by Crippen LogP contribution is -2.49. The van der Waals surface area contributed by atoms with E-state index in [9.17, 15) is 9.59 Å². The molecule has 1 rings (SSSR count). The van der Waals surface area contributed by atoms with E-state index in [0.717, 1.165) is 32.4 Å². The number of carbonyl (C=O) groups excluding carboxylic acids is 2. The first kappa shape index (κ1) is 19.1. The Bertz CT molecular complexity index is 358. The summed E-state index contributed by atoms with van der Waals surface area (Å²) in [7, 11) is 0. The molecule has 1 heterocycles. The van der Waals surface area contributed by atoms with Crippen molar-refractivity contribution in [2.75, 3.05) is 19.6 Å². The molecule has 0 spiro atoms. The Kier molecular flexibility index (Phi) is 8.64. The molecular weight excluding hydrogens is 278 g/mol. The number of hydrogen-bond donors (Lipinski definition) is 2. The number of rotatable bonds is 8. The molecule has 1 fully saturated rings. The highest BCUT2D eigenvalue weighted by molar-refractivity contribution is 5.92. The van der Waals surface area contributed by atoms with Gasteiger partial charge in [-0.25, -0.2) is 0 Å². The summed E-state index contributed by atoms with van der Waals surface area (Å²) in [5, 5.41) is 2.86. The molecular formula is C17H33N3O2. The molecule has 0 aliphatic carbocycles. The molecule has 22 heavy (non-hydrogen) atoms. The lowest BCUT2D eigenvalue weighted by atomic mass is 10.0. The van der Waals surface area contributed by atoms with E-state index in [1.165, 1.54) is 12.8 Å². The summed E-state index contributed by atoms with van der Waals surface area (Å²) in [4.78, 5) is 26.7. The van der Waals surface area contributed by atoms with Crippen molar-refractivity contribution in [2.45, 2.75) is 71.4 Å². The lowest BCUT2D eigenvalue weighted by molar-refractivity contribution is -0.128. The molecule has 5 heteroatoms. The first-order valence-corrected chi connectivity index (χ1v) is 8.75. The fourth-order valence-corrected chi connectivity index (χ4v) is 2.91. The molecule has 1 aliphatic rings. The molecule has 0 aromatic carbocycles. The van der Waals surface area contributed by atoms with Gasteiger partial charge in [0.05, 0.1) is 18.6 Å². The molecule has 0 saturated carbocycles. The van der Waals surface area contributed by atoms with Crippen LogP contribution in [0.4, 0.5) is 0 Å². The van der Waals surface area contributed by atoms with E-state index in [0.29, 0.717) is 18.9 Å². The molecule has 0 aromatic heterocycles. The second-order valence-electron chi connectivity index (χ2n) is 6.89. The molecule has 3 N–H and O–H groups in total. The topological polar surface area (TPSA) is 75.4 Å². The minimum atomic E-state index is -0.517. The van der Waals surface area contributed by atoms with Crippen LogP contribution in [-0.2, 0) is 9.59 Å². The van der Waals surface area contributed by atoms with Gasteiger partial charge in [0.25, 0.3) is 0 Å². The third-order valence-corrected chi connectivity index (χ3v) is 4.19. The van der Waals surface area contributed by atoms with Crippen molar-refractivity contribution in [3.8, 4) is 0 Å². The van der Waals surface area contributed by atoms with Crippen molar-refractivity contribution in [1.29, 1.82) is 0 Å². The number of carbonyl (C=O) groups is 2. The number of nitrogens with one attached hydrogen (secondary N) is 1. The summed E-state index contributed by atoms with van der Waals surface area (Å²) in [6, 6.07) is -0.876. The van der Waals surface area contributed by atoms with E-state index in [4.69, 9.17) is 5.73 Å². The molecule has 1 unspecified atom stereocenters. The van der Waals surface area contributed by atoms with Crippen LogP contribution in [-0.4, -0.2) is 48.3 Å². The summed E-state index contributed by atoms with van der Waals surface area (Å²) in [5.41, 5.74) is 5.89. The van der Waals surface area contributed by atoms with Gasteiger partial charge in [-0.1, -0.05) is 33.6 Å². The van der Waals surface area contributed by atoms with Crippen molar-refractivity contribution in [3.05, 3.63) is 0 Å². The normalized spacial score (nSPS) is 21.7. The largest absolute Gasteiger partial charge is 0.345 e. The zero-order chi connectivity index (χ0) is 16.5. The second kappa shape index (κ2) is 9.95. The predicted octanol–water partition coefficient (Wildman–Crippen LogP) is 1.70. The molecule has 1 saturated heterocycles. The van der Waals surface area contributed by atoms with Crippen LogP contribution in [0.15, 0.2) is 0 Å². The monoisotopic (exact) mass is 311 g/mol. The van der Waals surface area contributed by atoms with Crippen LogP contribution in [0.1, 0.15) is 59.3 Å². The zero-order valence-corrected chi connectivity index (χ0v) is 14.4. The van der Waals surface area contributed by atoms with Crippen LogP contribution < -0.4 is 11.1 Å². The van der Waals surface area contributed by atoms with Gasteiger partial charge >= 0.3 is 0 Å². The van der Waals surface area contributed by atoms with Crippen LogP contribution in [0.25, 0.3) is 0 Å². The highest BCUT2D eigenvalue weighted by Crippen LogP contribution is 2.11. The van der Waals surface area contributed by atoms with Gasteiger partial charge in [0.15, 0.2) is 5.78 Å². The highest BCUT2D eigenvalue weighted by Gasteiger charge is 2.27. The predicted molar refractivity (Wildman–Crippen MR) is 89.6 cm³/mol. The fourth-order valence-electron chi connectivity index (χ4n) is 2.91. The van der Waals surface area contributed by atoms with E-state index < -0.39 is 6.04 Å². The smallest absolute Gasteiger partial charge is 0.237 e. The van der Waals surface area contributed by atoms with Gasteiger partial charge in [0, 0.05) is 0 Å². The Morgan fingerprint density at radius 2 is 2.14 bits per heavy atom. The van der Waals surface area contributed by atoms with Crippen LogP contribution in [0, 0.1) is 5.92 Å². The molecule has 0 aromatic rings. The van der Waals surface area contributed by atoms with Gasteiger partial charge in [-0.3, -0.25) is 14.5 Å². The maximum absolute atomic E-state index is 12.3. The molecule has 128 valence electrons. The Morgan fingerprint density at radius 3 is 2.77 bits per heavy atom. The quantitative estimate of drug-likeness (QED) is 0.669. The maximum atomic E-state index is 12.3. The van der Waals surface area contributed by atoms with Gasteiger partial charge in [-0.2, -0.15) is 0 Å². The van der Waals surface area contributed by atoms with Gasteiger partial charge in [0.1, 0.15) is 0 Å². The number of Topliss-reactive ketones (excluding diaryl/α,β-unsaturated/α-hetero) is 1. The molecule has 0 bridgehead atoms. The number of nitrogens with two attached hydrogens (primary N) is 1. The molecule has 2 atom stereocenters. The van der Waals surface area contributed by atoms with Crippen LogP contribution in [0.2, 0.25) is 0 Å². The average Bonchev–Trinajstić information content (AvgIpc) is 2.61. The van der Waals surface area contributed by atoms with Crippen molar-refractivity contribution in [2.24, 2.45) is 11.7 Å². The Morgan fingerprint density at radius 1 is 1.41 bits per heavy atom. The standard InChI is InChI=1S/C17H33N3O2/c1-4-5-6-9-20-10-7-8-15(16(21)12-20)19-17(22)14(18)11-13(2)3/h13-15H,4-12,18H2,1-3H3,(H,19,22)/t14-,15?/m0/s1. The van der Waals surface area contributed by atoms with Gasteiger partial charge < -0.3 is 11.1 Å². The van der Waals surface area contributed by atoms with E-state index >= 15 is 0 Å². The van der Waals surface area contributed by atoms with E-state index in [1.54, 1.807) is 0 Å². The second-order valence-corrected chi connectivity index (χ2v) is 6.89. The van der Waals surface area contributed by atoms with Gasteiger partial charge in [-0.15, -0.1) is 0 Å². The van der Waals surface area contributed by atoms with E-state index in [1.807, 2.05) is 13.8 Å². The van der Waals surface area contributed by atoms with Crippen LogP contribution in [0.5, 0.6) is 0 Å². The summed E-state index contributed by atoms with van der Waals surface area (Å²) in [6.45, 7) is 8.64.